The molecule has 1 saturated heterocycles. The van der Waals surface area contributed by atoms with E-state index in [0.29, 0.717) is 5.92 Å². The lowest BCUT2D eigenvalue weighted by atomic mass is 9.89. The molecule has 2 rings (SSSR count). The van der Waals surface area contributed by atoms with Crippen LogP contribution in [0.2, 0.25) is 0 Å². The Morgan fingerprint density at radius 2 is 1.95 bits per heavy atom. The van der Waals surface area contributed by atoms with Gasteiger partial charge in [0.1, 0.15) is 5.75 Å². The molecule has 0 spiro atoms. The van der Waals surface area contributed by atoms with Crippen molar-refractivity contribution in [3.8, 4) is 5.75 Å². The predicted molar refractivity (Wildman–Crippen MR) is 86.9 cm³/mol. The van der Waals surface area contributed by atoms with Gasteiger partial charge in [-0.05, 0) is 63.4 Å². The lowest BCUT2D eigenvalue weighted by molar-refractivity contribution is 0.179. The molecule has 0 atom stereocenters. The highest BCUT2D eigenvalue weighted by molar-refractivity contribution is 5.85. The zero-order valence-electron chi connectivity index (χ0n) is 12.8. The van der Waals surface area contributed by atoms with Crippen LogP contribution in [0.1, 0.15) is 38.2 Å². The maximum absolute atomic E-state index is 6.09. The molecule has 20 heavy (non-hydrogen) atoms. The number of hydrogen-bond donors (Lipinski definition) is 1. The lowest BCUT2D eigenvalue weighted by Crippen LogP contribution is -2.47. The summed E-state index contributed by atoms with van der Waals surface area (Å²) in [6.07, 6.45) is 2.42. The zero-order chi connectivity index (χ0) is 13.9. The van der Waals surface area contributed by atoms with Gasteiger partial charge in [-0.2, -0.15) is 0 Å². The minimum absolute atomic E-state index is 0. The fraction of sp³-hybridized carbons (Fsp3) is 0.625. The first-order valence-corrected chi connectivity index (χ1v) is 7.13. The molecule has 1 aliphatic rings. The number of hydrogen-bond acceptors (Lipinski definition) is 3. The van der Waals surface area contributed by atoms with E-state index in [4.69, 9.17) is 10.5 Å². The Bertz CT molecular complexity index is 409. The largest absolute Gasteiger partial charge is 0.497 e. The zero-order valence-corrected chi connectivity index (χ0v) is 13.6. The second kappa shape index (κ2) is 7.30. The predicted octanol–water partition coefficient (Wildman–Crippen LogP) is 3.03. The summed E-state index contributed by atoms with van der Waals surface area (Å²) in [4.78, 5) is 2.48. The molecule has 1 aliphatic heterocycles. The third-order valence-electron chi connectivity index (χ3n) is 3.78. The van der Waals surface area contributed by atoms with E-state index < -0.39 is 0 Å². The Kier molecular flexibility index (Phi) is 6.31. The van der Waals surface area contributed by atoms with Crippen molar-refractivity contribution in [2.45, 2.75) is 38.1 Å². The van der Waals surface area contributed by atoms with Crippen LogP contribution in [0.3, 0.4) is 0 Å². The van der Waals surface area contributed by atoms with Gasteiger partial charge in [-0.25, -0.2) is 0 Å². The van der Waals surface area contributed by atoms with Crippen molar-refractivity contribution in [2.75, 3.05) is 26.7 Å². The van der Waals surface area contributed by atoms with Crippen LogP contribution in [0.25, 0.3) is 0 Å². The molecule has 1 aromatic carbocycles. The first-order chi connectivity index (χ1) is 8.98. The summed E-state index contributed by atoms with van der Waals surface area (Å²) in [5, 5.41) is 0. The second-order valence-electron chi connectivity index (χ2n) is 6.32. The van der Waals surface area contributed by atoms with Crippen LogP contribution in [0.5, 0.6) is 5.75 Å². The van der Waals surface area contributed by atoms with Crippen LogP contribution in [-0.2, 0) is 0 Å². The standard InChI is InChI=1S/C16H26N2O.ClH/c1-16(2,17)12-18-9-7-13(8-10-18)14-5-4-6-15(11-14)19-3;/h4-6,11,13H,7-10,12,17H2,1-3H3;1H. The van der Waals surface area contributed by atoms with E-state index in [0.717, 1.165) is 25.4 Å². The number of likely N-dealkylation sites (tertiary alicyclic amines) is 1. The third kappa shape index (κ3) is 4.97. The number of halogens is 1. The van der Waals surface area contributed by atoms with Crippen molar-refractivity contribution in [1.82, 2.24) is 4.90 Å². The molecule has 1 fully saturated rings. The molecule has 4 heteroatoms. The molecule has 1 heterocycles. The average molecular weight is 299 g/mol. The van der Waals surface area contributed by atoms with E-state index in [1.807, 2.05) is 6.07 Å². The molecule has 0 aromatic heterocycles. The van der Waals surface area contributed by atoms with Crippen molar-refractivity contribution < 1.29 is 4.74 Å². The van der Waals surface area contributed by atoms with Gasteiger partial charge in [0.25, 0.3) is 0 Å². The highest BCUT2D eigenvalue weighted by atomic mass is 35.5. The maximum Gasteiger partial charge on any atom is 0.119 e. The third-order valence-corrected chi connectivity index (χ3v) is 3.78. The molecule has 114 valence electrons. The smallest absolute Gasteiger partial charge is 0.119 e. The number of nitrogens with two attached hydrogens (primary N) is 1. The fourth-order valence-electron chi connectivity index (χ4n) is 2.90. The van der Waals surface area contributed by atoms with Crippen LogP contribution in [0.4, 0.5) is 0 Å². The van der Waals surface area contributed by atoms with E-state index in [1.165, 1.54) is 18.4 Å². The highest BCUT2D eigenvalue weighted by Gasteiger charge is 2.24. The van der Waals surface area contributed by atoms with Gasteiger partial charge in [-0.3, -0.25) is 0 Å². The van der Waals surface area contributed by atoms with Crippen molar-refractivity contribution in [1.29, 1.82) is 0 Å². The van der Waals surface area contributed by atoms with Crippen LogP contribution in [0, 0.1) is 0 Å². The van der Waals surface area contributed by atoms with E-state index in [9.17, 15) is 0 Å². The summed E-state index contributed by atoms with van der Waals surface area (Å²) in [6, 6.07) is 8.49. The van der Waals surface area contributed by atoms with Gasteiger partial charge in [0.05, 0.1) is 7.11 Å². The normalized spacial score (nSPS) is 17.6. The Balaban J connectivity index is 0.00000200. The number of nitrogens with zero attached hydrogens (tertiary/aromatic N) is 1. The van der Waals surface area contributed by atoms with Gasteiger partial charge in [-0.1, -0.05) is 12.1 Å². The van der Waals surface area contributed by atoms with Crippen LogP contribution in [-0.4, -0.2) is 37.2 Å². The van der Waals surface area contributed by atoms with Crippen LogP contribution < -0.4 is 10.5 Å². The van der Waals surface area contributed by atoms with Gasteiger partial charge in [-0.15, -0.1) is 12.4 Å². The molecule has 3 nitrogen and oxygen atoms in total. The molecule has 0 radical (unpaired) electrons. The molecule has 0 unspecified atom stereocenters. The molecule has 1 aromatic rings. The highest BCUT2D eigenvalue weighted by Crippen LogP contribution is 2.30. The van der Waals surface area contributed by atoms with Gasteiger partial charge >= 0.3 is 0 Å². The monoisotopic (exact) mass is 298 g/mol. The Morgan fingerprint density at radius 3 is 2.50 bits per heavy atom. The summed E-state index contributed by atoms with van der Waals surface area (Å²) in [7, 11) is 1.73. The molecule has 0 amide bonds. The number of benzene rings is 1. The summed E-state index contributed by atoms with van der Waals surface area (Å²) >= 11 is 0. The number of rotatable bonds is 4. The molecule has 0 bridgehead atoms. The van der Waals surface area contributed by atoms with Crippen molar-refractivity contribution >= 4 is 12.4 Å². The lowest BCUT2D eigenvalue weighted by Gasteiger charge is -2.36. The minimum atomic E-state index is -0.0944. The summed E-state index contributed by atoms with van der Waals surface area (Å²) in [5.74, 6) is 1.62. The van der Waals surface area contributed by atoms with E-state index in [2.05, 4.69) is 36.9 Å². The fourth-order valence-corrected chi connectivity index (χ4v) is 2.90. The minimum Gasteiger partial charge on any atom is -0.497 e. The Morgan fingerprint density at radius 1 is 1.30 bits per heavy atom. The Hall–Kier alpha value is -0.770. The van der Waals surface area contributed by atoms with Gasteiger partial charge in [0, 0.05) is 12.1 Å². The molecule has 2 N–H and O–H groups in total. The number of ether oxygens (including phenoxy) is 1. The van der Waals surface area contributed by atoms with Crippen molar-refractivity contribution in [2.24, 2.45) is 5.73 Å². The van der Waals surface area contributed by atoms with Crippen LogP contribution in [0.15, 0.2) is 24.3 Å². The molecule has 0 aliphatic carbocycles. The first kappa shape index (κ1) is 17.3. The number of piperidine rings is 1. The maximum atomic E-state index is 6.09. The topological polar surface area (TPSA) is 38.5 Å². The molecular weight excluding hydrogens is 272 g/mol. The average Bonchev–Trinajstić information content (AvgIpc) is 2.38. The Labute approximate surface area is 128 Å². The first-order valence-electron chi connectivity index (χ1n) is 7.13. The van der Waals surface area contributed by atoms with E-state index >= 15 is 0 Å². The SMILES string of the molecule is COc1cccc(C2CCN(CC(C)(C)N)CC2)c1.Cl. The van der Waals surface area contributed by atoms with Gasteiger partial charge in [0.15, 0.2) is 0 Å². The summed E-state index contributed by atoms with van der Waals surface area (Å²) in [6.45, 7) is 7.46. The van der Waals surface area contributed by atoms with E-state index in [1.54, 1.807) is 7.11 Å². The van der Waals surface area contributed by atoms with Crippen molar-refractivity contribution in [3.05, 3.63) is 29.8 Å². The number of methoxy groups -OCH3 is 1. The quantitative estimate of drug-likeness (QED) is 0.928. The van der Waals surface area contributed by atoms with Crippen molar-refractivity contribution in [3.63, 3.8) is 0 Å². The summed E-state index contributed by atoms with van der Waals surface area (Å²) < 4.78 is 5.31. The second-order valence-corrected chi connectivity index (χ2v) is 6.32. The van der Waals surface area contributed by atoms with Gasteiger partial charge in [0.2, 0.25) is 0 Å². The summed E-state index contributed by atoms with van der Waals surface area (Å²) in [5.41, 5.74) is 7.41. The molecular formula is C16H27ClN2O. The van der Waals surface area contributed by atoms with Crippen LogP contribution >= 0.6 is 12.4 Å². The van der Waals surface area contributed by atoms with E-state index in [-0.39, 0.29) is 17.9 Å². The molecule has 0 saturated carbocycles. The van der Waals surface area contributed by atoms with Gasteiger partial charge < -0.3 is 15.4 Å².